The molecule has 0 saturated carbocycles. The van der Waals surface area contributed by atoms with Crippen LogP contribution in [0.1, 0.15) is 36.5 Å². The minimum absolute atomic E-state index is 0.295. The van der Waals surface area contributed by atoms with Gasteiger partial charge in [-0.3, -0.25) is 9.89 Å². The van der Waals surface area contributed by atoms with Gasteiger partial charge in [-0.2, -0.15) is 5.10 Å². The molecule has 7 nitrogen and oxygen atoms in total. The van der Waals surface area contributed by atoms with Gasteiger partial charge in [-0.25, -0.2) is 4.98 Å². The number of nitrogens with zero attached hydrogens (tertiary/aromatic N) is 2. The molecule has 2 N–H and O–H groups in total. The highest BCUT2D eigenvalue weighted by atomic mass is 35.5. The van der Waals surface area contributed by atoms with E-state index in [9.17, 15) is 4.79 Å². The van der Waals surface area contributed by atoms with Crippen LogP contribution in [-0.4, -0.2) is 34.3 Å². The van der Waals surface area contributed by atoms with E-state index in [1.165, 1.54) is 0 Å². The van der Waals surface area contributed by atoms with E-state index in [0.717, 1.165) is 17.8 Å². The molecule has 1 aromatic heterocycles. The number of hydrogen-bond donors (Lipinski definition) is 2. The molecule has 0 saturated heterocycles. The summed E-state index contributed by atoms with van der Waals surface area (Å²) in [5.74, 6) is 1.96. The molecule has 1 amide bonds. The van der Waals surface area contributed by atoms with Gasteiger partial charge in [0.25, 0.3) is 5.91 Å². The molecule has 0 fully saturated rings. The second-order valence-corrected chi connectivity index (χ2v) is 6.75. The summed E-state index contributed by atoms with van der Waals surface area (Å²) in [6.07, 6.45) is 0.841. The van der Waals surface area contributed by atoms with Gasteiger partial charge in [0.05, 0.1) is 18.2 Å². The van der Waals surface area contributed by atoms with Gasteiger partial charge >= 0.3 is 0 Å². The highest BCUT2D eigenvalue weighted by Crippen LogP contribution is 2.37. The molecule has 29 heavy (non-hydrogen) atoms. The molecular formula is C21H23ClN4O3. The summed E-state index contributed by atoms with van der Waals surface area (Å²) in [7, 11) is 0. The second kappa shape index (κ2) is 9.43. The van der Waals surface area contributed by atoms with Gasteiger partial charge in [-0.15, -0.1) is 0 Å². The topological polar surface area (TPSA) is 89.1 Å². The fraction of sp³-hybridized carbons (Fsp3) is 0.286. The molecule has 0 radical (unpaired) electrons. The van der Waals surface area contributed by atoms with Crippen molar-refractivity contribution < 1.29 is 14.3 Å². The summed E-state index contributed by atoms with van der Waals surface area (Å²) in [5.41, 5.74) is 1.88. The average Bonchev–Trinajstić information content (AvgIpc) is 3.14. The number of aromatic amines is 1. The molecule has 0 atom stereocenters. The zero-order valence-corrected chi connectivity index (χ0v) is 17.3. The first-order chi connectivity index (χ1) is 14.0. The van der Waals surface area contributed by atoms with E-state index in [2.05, 4.69) is 20.5 Å². The van der Waals surface area contributed by atoms with Gasteiger partial charge in [0.15, 0.2) is 17.3 Å². The number of ether oxygens (including phenoxy) is 2. The number of halogens is 1. The normalized spacial score (nSPS) is 10.6. The van der Waals surface area contributed by atoms with Gasteiger partial charge in [0, 0.05) is 16.8 Å². The van der Waals surface area contributed by atoms with Gasteiger partial charge in [0.2, 0.25) is 0 Å². The lowest BCUT2D eigenvalue weighted by molar-refractivity contribution is 0.102. The Morgan fingerprint density at radius 1 is 1.17 bits per heavy atom. The van der Waals surface area contributed by atoms with Crippen molar-refractivity contribution in [1.29, 1.82) is 0 Å². The van der Waals surface area contributed by atoms with Crippen molar-refractivity contribution in [3.8, 4) is 22.9 Å². The maximum Gasteiger partial charge on any atom is 0.255 e. The van der Waals surface area contributed by atoms with Crippen LogP contribution in [0.2, 0.25) is 5.02 Å². The van der Waals surface area contributed by atoms with E-state index < -0.39 is 0 Å². The first-order valence-electron chi connectivity index (χ1n) is 9.41. The van der Waals surface area contributed by atoms with Crippen LogP contribution in [0.25, 0.3) is 11.4 Å². The molecule has 3 rings (SSSR count). The lowest BCUT2D eigenvalue weighted by atomic mass is 10.1. The van der Waals surface area contributed by atoms with Crippen LogP contribution < -0.4 is 14.8 Å². The van der Waals surface area contributed by atoms with E-state index >= 15 is 0 Å². The van der Waals surface area contributed by atoms with Crippen LogP contribution in [0, 0.1) is 6.92 Å². The Morgan fingerprint density at radius 3 is 2.55 bits per heavy atom. The standard InChI is InChI=1S/C21H23ClN4O3/c1-4-10-29-19-17(22)11-15(12-18(19)28-5-2)21(27)24-16-8-6-14(7-9-16)20-23-13(3)25-26-20/h6-9,11-12H,4-5,10H2,1-3H3,(H,24,27)(H,23,25,26). The SMILES string of the molecule is CCCOc1c(Cl)cc(C(=O)Nc2ccc(-c3n[nH]c(C)n3)cc2)cc1OCC. The Labute approximate surface area is 174 Å². The first-order valence-corrected chi connectivity index (χ1v) is 9.79. The molecule has 0 unspecified atom stereocenters. The van der Waals surface area contributed by atoms with E-state index in [0.29, 0.717) is 46.8 Å². The fourth-order valence-corrected chi connectivity index (χ4v) is 2.95. The van der Waals surface area contributed by atoms with Crippen LogP contribution in [0.15, 0.2) is 36.4 Å². The van der Waals surface area contributed by atoms with E-state index in [1.54, 1.807) is 24.3 Å². The summed E-state index contributed by atoms with van der Waals surface area (Å²) in [5, 5.41) is 10.1. The van der Waals surface area contributed by atoms with Crippen molar-refractivity contribution in [2.45, 2.75) is 27.2 Å². The Balaban J connectivity index is 1.77. The number of anilines is 1. The molecule has 0 aliphatic carbocycles. The summed E-state index contributed by atoms with van der Waals surface area (Å²) < 4.78 is 11.3. The lowest BCUT2D eigenvalue weighted by Crippen LogP contribution is -2.12. The summed E-state index contributed by atoms with van der Waals surface area (Å²) in [4.78, 5) is 17.0. The zero-order chi connectivity index (χ0) is 20.8. The summed E-state index contributed by atoms with van der Waals surface area (Å²) in [6, 6.07) is 10.5. The quantitative estimate of drug-likeness (QED) is 0.548. The maximum absolute atomic E-state index is 12.7. The summed E-state index contributed by atoms with van der Waals surface area (Å²) >= 11 is 6.34. The van der Waals surface area contributed by atoms with Crippen molar-refractivity contribution in [2.24, 2.45) is 0 Å². The van der Waals surface area contributed by atoms with Crippen LogP contribution in [-0.2, 0) is 0 Å². The van der Waals surface area contributed by atoms with E-state index in [-0.39, 0.29) is 5.91 Å². The van der Waals surface area contributed by atoms with Crippen molar-refractivity contribution in [3.05, 3.63) is 52.8 Å². The van der Waals surface area contributed by atoms with Crippen LogP contribution in [0.3, 0.4) is 0 Å². The number of benzene rings is 2. The third kappa shape index (κ3) is 5.06. The minimum atomic E-state index is -0.295. The molecule has 152 valence electrons. The van der Waals surface area contributed by atoms with Gasteiger partial charge in [0.1, 0.15) is 5.82 Å². The lowest BCUT2D eigenvalue weighted by Gasteiger charge is -2.15. The summed E-state index contributed by atoms with van der Waals surface area (Å²) in [6.45, 7) is 6.66. The highest BCUT2D eigenvalue weighted by molar-refractivity contribution is 6.32. The molecule has 3 aromatic rings. The smallest absolute Gasteiger partial charge is 0.255 e. The predicted octanol–water partition coefficient (Wildman–Crippen LogP) is 4.87. The Morgan fingerprint density at radius 2 is 1.93 bits per heavy atom. The van der Waals surface area contributed by atoms with Crippen LogP contribution >= 0.6 is 11.6 Å². The number of H-pyrrole nitrogens is 1. The molecule has 0 aliphatic heterocycles. The third-order valence-electron chi connectivity index (χ3n) is 4.02. The first kappa shape index (κ1) is 20.7. The highest BCUT2D eigenvalue weighted by Gasteiger charge is 2.16. The number of amides is 1. The number of aromatic nitrogens is 3. The third-order valence-corrected chi connectivity index (χ3v) is 4.30. The predicted molar refractivity (Wildman–Crippen MR) is 113 cm³/mol. The van der Waals surface area contributed by atoms with Gasteiger partial charge in [-0.05, 0) is 56.7 Å². The van der Waals surface area contributed by atoms with Crippen molar-refractivity contribution in [1.82, 2.24) is 15.2 Å². The van der Waals surface area contributed by atoms with Crippen molar-refractivity contribution in [3.63, 3.8) is 0 Å². The average molecular weight is 415 g/mol. The molecular weight excluding hydrogens is 392 g/mol. The van der Waals surface area contributed by atoms with Crippen LogP contribution in [0.4, 0.5) is 5.69 Å². The van der Waals surface area contributed by atoms with Gasteiger partial charge in [-0.1, -0.05) is 18.5 Å². The molecule has 0 spiro atoms. The minimum Gasteiger partial charge on any atom is -0.490 e. The Hall–Kier alpha value is -3.06. The second-order valence-electron chi connectivity index (χ2n) is 6.34. The number of nitrogens with one attached hydrogen (secondary N) is 2. The van der Waals surface area contributed by atoms with Crippen molar-refractivity contribution >= 4 is 23.2 Å². The van der Waals surface area contributed by atoms with Crippen molar-refractivity contribution in [2.75, 3.05) is 18.5 Å². The Bertz CT molecular complexity index is 986. The van der Waals surface area contributed by atoms with Gasteiger partial charge < -0.3 is 14.8 Å². The largest absolute Gasteiger partial charge is 0.490 e. The van der Waals surface area contributed by atoms with E-state index in [4.69, 9.17) is 21.1 Å². The number of rotatable bonds is 8. The monoisotopic (exact) mass is 414 g/mol. The number of carbonyl (C=O) groups is 1. The molecule has 2 aromatic carbocycles. The van der Waals surface area contributed by atoms with E-state index in [1.807, 2.05) is 32.9 Å². The number of aryl methyl sites for hydroxylation is 1. The number of carbonyl (C=O) groups excluding carboxylic acids is 1. The maximum atomic E-state index is 12.7. The van der Waals surface area contributed by atoms with Crippen LogP contribution in [0.5, 0.6) is 11.5 Å². The molecule has 0 bridgehead atoms. The fourth-order valence-electron chi connectivity index (χ4n) is 2.68. The molecule has 8 heteroatoms. The number of hydrogen-bond acceptors (Lipinski definition) is 5. The Kier molecular flexibility index (Phi) is 6.72. The molecule has 1 heterocycles. The molecule has 0 aliphatic rings. The zero-order valence-electron chi connectivity index (χ0n) is 16.6.